The number of ether oxygens (including phenoxy) is 1. The normalized spacial score (nSPS) is 10.8. The minimum atomic E-state index is -1.50. The molecule has 0 atom stereocenters. The maximum absolute atomic E-state index is 8.99. The number of benzene rings is 1. The lowest BCUT2D eigenvalue weighted by Gasteiger charge is -2.07. The Bertz CT molecular complexity index is 410. The Balaban J connectivity index is 2.88. The average Bonchev–Trinajstić information content (AvgIpc) is 2.29. The minimum Gasteiger partial charge on any atom is -0.457 e. The second-order valence-corrected chi connectivity index (χ2v) is 3.06. The Morgan fingerprint density at radius 3 is 2.62 bits per heavy atom. The molecule has 0 unspecified atom stereocenters. The van der Waals surface area contributed by atoms with Gasteiger partial charge in [-0.2, -0.15) is 0 Å². The molecule has 0 heterocycles. The fourth-order valence-electron chi connectivity index (χ4n) is 1.13. The first-order chi connectivity index (χ1) is 7.67. The van der Waals surface area contributed by atoms with Crippen molar-refractivity contribution in [3.8, 4) is 5.75 Å². The molecule has 4 heteroatoms. The zero-order valence-corrected chi connectivity index (χ0v) is 8.84. The Morgan fingerprint density at radius 2 is 2.06 bits per heavy atom. The van der Waals surface area contributed by atoms with E-state index < -0.39 is 7.12 Å². The summed E-state index contributed by atoms with van der Waals surface area (Å²) in [5, 5.41) is 18.0. The van der Waals surface area contributed by atoms with Crippen LogP contribution in [0.1, 0.15) is 0 Å². The quantitative estimate of drug-likeness (QED) is 0.438. The lowest BCUT2D eigenvalue weighted by molar-refractivity contribution is 0.423. The first-order valence-electron chi connectivity index (χ1n) is 4.76. The summed E-state index contributed by atoms with van der Waals surface area (Å²) in [7, 11) is -1.50. The van der Waals surface area contributed by atoms with Gasteiger partial charge >= 0.3 is 7.12 Å². The van der Waals surface area contributed by atoms with Crippen molar-refractivity contribution in [1.82, 2.24) is 0 Å². The van der Waals surface area contributed by atoms with Crippen molar-refractivity contribution >= 4 is 12.6 Å². The van der Waals surface area contributed by atoms with E-state index in [1.807, 2.05) is 0 Å². The van der Waals surface area contributed by atoms with Crippen LogP contribution in [0.5, 0.6) is 5.75 Å². The van der Waals surface area contributed by atoms with Gasteiger partial charge in [-0.15, -0.1) is 0 Å². The summed E-state index contributed by atoms with van der Waals surface area (Å²) in [4.78, 5) is 0. The lowest BCUT2D eigenvalue weighted by atomic mass is 9.80. The molecule has 0 aromatic heterocycles. The molecule has 0 spiro atoms. The zero-order valence-electron chi connectivity index (χ0n) is 8.84. The SMILES string of the molecule is C=C/C=C(\C=C)Oc1cccc(B(O)O)c1. The molecule has 0 amide bonds. The van der Waals surface area contributed by atoms with Crippen LogP contribution in [-0.4, -0.2) is 17.2 Å². The van der Waals surface area contributed by atoms with Crippen LogP contribution in [-0.2, 0) is 0 Å². The second kappa shape index (κ2) is 5.95. The van der Waals surface area contributed by atoms with E-state index in [1.165, 1.54) is 0 Å². The topological polar surface area (TPSA) is 49.7 Å². The maximum Gasteiger partial charge on any atom is 0.488 e. The Kier molecular flexibility index (Phi) is 4.57. The van der Waals surface area contributed by atoms with Crippen LogP contribution < -0.4 is 10.2 Å². The highest BCUT2D eigenvalue weighted by molar-refractivity contribution is 6.58. The smallest absolute Gasteiger partial charge is 0.457 e. The molecule has 0 fully saturated rings. The van der Waals surface area contributed by atoms with Crippen LogP contribution in [0.4, 0.5) is 0 Å². The summed E-state index contributed by atoms with van der Waals surface area (Å²) in [5.41, 5.74) is 0.375. The number of hydrogen-bond acceptors (Lipinski definition) is 3. The van der Waals surface area contributed by atoms with Crippen LogP contribution in [0.15, 0.2) is 61.4 Å². The molecular formula is C12H13BO3. The molecule has 2 N–H and O–H groups in total. The van der Waals surface area contributed by atoms with E-state index in [0.29, 0.717) is 17.0 Å². The van der Waals surface area contributed by atoms with Gasteiger partial charge < -0.3 is 14.8 Å². The van der Waals surface area contributed by atoms with Crippen LogP contribution in [0.2, 0.25) is 0 Å². The molecule has 0 saturated carbocycles. The van der Waals surface area contributed by atoms with Crippen LogP contribution in [0, 0.1) is 0 Å². The summed E-state index contributed by atoms with van der Waals surface area (Å²) < 4.78 is 5.44. The Morgan fingerprint density at radius 1 is 1.31 bits per heavy atom. The molecule has 16 heavy (non-hydrogen) atoms. The van der Waals surface area contributed by atoms with Gasteiger partial charge in [-0.3, -0.25) is 0 Å². The monoisotopic (exact) mass is 216 g/mol. The van der Waals surface area contributed by atoms with Crippen molar-refractivity contribution < 1.29 is 14.8 Å². The van der Waals surface area contributed by atoms with Crippen LogP contribution >= 0.6 is 0 Å². The van der Waals surface area contributed by atoms with Gasteiger partial charge in [-0.25, -0.2) is 0 Å². The summed E-state index contributed by atoms with van der Waals surface area (Å²) in [6, 6.07) is 6.54. The molecule has 3 nitrogen and oxygen atoms in total. The first-order valence-corrected chi connectivity index (χ1v) is 4.76. The van der Waals surface area contributed by atoms with Crippen molar-refractivity contribution in [1.29, 1.82) is 0 Å². The van der Waals surface area contributed by atoms with E-state index in [4.69, 9.17) is 14.8 Å². The number of hydrogen-bond donors (Lipinski definition) is 2. The maximum atomic E-state index is 8.99. The van der Waals surface area contributed by atoms with Gasteiger partial charge in [0.2, 0.25) is 0 Å². The third kappa shape index (κ3) is 3.42. The van der Waals surface area contributed by atoms with Gasteiger partial charge in [-0.05, 0) is 29.7 Å². The largest absolute Gasteiger partial charge is 0.488 e. The number of allylic oxidation sites excluding steroid dienone is 3. The van der Waals surface area contributed by atoms with E-state index in [0.717, 1.165) is 0 Å². The molecule has 0 aliphatic carbocycles. The van der Waals surface area contributed by atoms with Crippen molar-refractivity contribution in [3.05, 3.63) is 61.4 Å². The zero-order chi connectivity index (χ0) is 12.0. The summed E-state index contributed by atoms with van der Waals surface area (Å²) in [5.74, 6) is 1.05. The van der Waals surface area contributed by atoms with E-state index >= 15 is 0 Å². The third-order valence-corrected chi connectivity index (χ3v) is 1.88. The first kappa shape index (κ1) is 12.3. The third-order valence-electron chi connectivity index (χ3n) is 1.88. The van der Waals surface area contributed by atoms with Gasteiger partial charge in [0, 0.05) is 0 Å². The minimum absolute atomic E-state index is 0.375. The van der Waals surface area contributed by atoms with E-state index in [1.54, 1.807) is 42.5 Å². The van der Waals surface area contributed by atoms with E-state index in [-0.39, 0.29) is 0 Å². The van der Waals surface area contributed by atoms with Crippen LogP contribution in [0.25, 0.3) is 0 Å². The van der Waals surface area contributed by atoms with E-state index in [9.17, 15) is 0 Å². The van der Waals surface area contributed by atoms with Gasteiger partial charge in [0.15, 0.2) is 0 Å². The van der Waals surface area contributed by atoms with Crippen molar-refractivity contribution in [2.75, 3.05) is 0 Å². The summed E-state index contributed by atoms with van der Waals surface area (Å²) in [6.45, 7) is 7.15. The van der Waals surface area contributed by atoms with Crippen molar-refractivity contribution in [3.63, 3.8) is 0 Å². The van der Waals surface area contributed by atoms with Crippen LogP contribution in [0.3, 0.4) is 0 Å². The van der Waals surface area contributed by atoms with Gasteiger partial charge in [0.05, 0.1) is 0 Å². The fourth-order valence-corrected chi connectivity index (χ4v) is 1.13. The fraction of sp³-hybridized carbons (Fsp3) is 0. The summed E-state index contributed by atoms with van der Waals surface area (Å²) >= 11 is 0. The predicted octanol–water partition coefficient (Wildman–Crippen LogP) is 1.00. The molecule has 82 valence electrons. The highest BCUT2D eigenvalue weighted by atomic mass is 16.5. The van der Waals surface area contributed by atoms with Gasteiger partial charge in [0.25, 0.3) is 0 Å². The Labute approximate surface area is 95.1 Å². The molecule has 1 rings (SSSR count). The molecule has 0 radical (unpaired) electrons. The van der Waals surface area contributed by atoms with Gasteiger partial charge in [0.1, 0.15) is 11.5 Å². The molecule has 0 saturated heterocycles. The second-order valence-electron chi connectivity index (χ2n) is 3.06. The molecule has 0 bridgehead atoms. The van der Waals surface area contributed by atoms with Crippen molar-refractivity contribution in [2.45, 2.75) is 0 Å². The number of rotatable bonds is 5. The van der Waals surface area contributed by atoms with Crippen molar-refractivity contribution in [2.24, 2.45) is 0 Å². The lowest BCUT2D eigenvalue weighted by Crippen LogP contribution is -2.29. The molecule has 0 aliphatic heterocycles. The molecule has 1 aromatic rings. The standard InChI is InChI=1S/C12H13BO3/c1-3-6-11(4-2)16-12-8-5-7-10(9-12)13(14)15/h3-9,14-15H,1-2H2/b11-6+. The summed E-state index contributed by atoms with van der Waals surface area (Å²) in [6.07, 6.45) is 4.79. The average molecular weight is 216 g/mol. The Hall–Kier alpha value is -1.78. The predicted molar refractivity (Wildman–Crippen MR) is 65.4 cm³/mol. The van der Waals surface area contributed by atoms with Gasteiger partial charge in [-0.1, -0.05) is 31.4 Å². The molecular weight excluding hydrogens is 203 g/mol. The highest BCUT2D eigenvalue weighted by Gasteiger charge is 2.11. The van der Waals surface area contributed by atoms with E-state index in [2.05, 4.69) is 13.2 Å². The molecule has 0 aliphatic rings. The highest BCUT2D eigenvalue weighted by Crippen LogP contribution is 2.12. The molecule has 1 aromatic carbocycles.